The lowest BCUT2D eigenvalue weighted by Gasteiger charge is -2.08. The second-order valence-electron chi connectivity index (χ2n) is 3.82. The zero-order valence-electron chi connectivity index (χ0n) is 10.5. The second kappa shape index (κ2) is 5.35. The molecule has 0 unspecified atom stereocenters. The van der Waals surface area contributed by atoms with Crippen LogP contribution >= 0.6 is 15.9 Å². The van der Waals surface area contributed by atoms with Gasteiger partial charge in [-0.3, -0.25) is 0 Å². The number of benzene rings is 1. The zero-order valence-corrected chi connectivity index (χ0v) is 12.1. The van der Waals surface area contributed by atoms with Gasteiger partial charge in [-0.2, -0.15) is 0 Å². The average molecular weight is 308 g/mol. The van der Waals surface area contributed by atoms with Crippen LogP contribution in [0.2, 0.25) is 0 Å². The van der Waals surface area contributed by atoms with Gasteiger partial charge in [0.2, 0.25) is 0 Å². The SMILES string of the molecule is CNc1cc(C)nc(-c2ccc(OC)c(Br)c2)n1. The molecule has 0 fully saturated rings. The summed E-state index contributed by atoms with van der Waals surface area (Å²) >= 11 is 3.46. The van der Waals surface area contributed by atoms with Gasteiger partial charge in [0.1, 0.15) is 11.6 Å². The minimum Gasteiger partial charge on any atom is -0.496 e. The molecule has 0 aliphatic rings. The first-order valence-electron chi connectivity index (χ1n) is 5.51. The number of hydrogen-bond acceptors (Lipinski definition) is 4. The van der Waals surface area contributed by atoms with Crippen molar-refractivity contribution in [1.29, 1.82) is 0 Å². The summed E-state index contributed by atoms with van der Waals surface area (Å²) in [6.45, 7) is 1.95. The van der Waals surface area contributed by atoms with Crippen molar-refractivity contribution in [2.45, 2.75) is 6.92 Å². The topological polar surface area (TPSA) is 47.0 Å². The van der Waals surface area contributed by atoms with Crippen molar-refractivity contribution < 1.29 is 4.74 Å². The highest BCUT2D eigenvalue weighted by molar-refractivity contribution is 9.10. The molecule has 0 bridgehead atoms. The molecule has 0 amide bonds. The van der Waals surface area contributed by atoms with Gasteiger partial charge in [0, 0.05) is 24.4 Å². The fraction of sp³-hybridized carbons (Fsp3) is 0.231. The van der Waals surface area contributed by atoms with E-state index in [9.17, 15) is 0 Å². The highest BCUT2D eigenvalue weighted by Gasteiger charge is 2.07. The monoisotopic (exact) mass is 307 g/mol. The summed E-state index contributed by atoms with van der Waals surface area (Å²) in [5.74, 6) is 2.30. The Bertz CT molecular complexity index is 572. The summed E-state index contributed by atoms with van der Waals surface area (Å²) in [6, 6.07) is 7.69. The molecule has 0 aliphatic carbocycles. The quantitative estimate of drug-likeness (QED) is 0.945. The first-order chi connectivity index (χ1) is 8.63. The van der Waals surface area contributed by atoms with Gasteiger partial charge in [0.25, 0.3) is 0 Å². The number of nitrogens with one attached hydrogen (secondary N) is 1. The highest BCUT2D eigenvalue weighted by Crippen LogP contribution is 2.29. The van der Waals surface area contributed by atoms with E-state index in [-0.39, 0.29) is 0 Å². The molecular weight excluding hydrogens is 294 g/mol. The largest absolute Gasteiger partial charge is 0.496 e. The molecular formula is C13H14BrN3O. The van der Waals surface area contributed by atoms with E-state index in [1.165, 1.54) is 0 Å². The van der Waals surface area contributed by atoms with Gasteiger partial charge in [-0.25, -0.2) is 9.97 Å². The molecule has 1 N–H and O–H groups in total. The van der Waals surface area contributed by atoms with Crippen LogP contribution in [0.15, 0.2) is 28.7 Å². The average Bonchev–Trinajstić information content (AvgIpc) is 2.37. The molecule has 1 aromatic heterocycles. The summed E-state index contributed by atoms with van der Waals surface area (Å²) in [7, 11) is 3.48. The van der Waals surface area contributed by atoms with Gasteiger partial charge in [0.05, 0.1) is 11.6 Å². The van der Waals surface area contributed by atoms with Crippen molar-refractivity contribution in [1.82, 2.24) is 9.97 Å². The maximum Gasteiger partial charge on any atom is 0.161 e. The molecule has 0 saturated carbocycles. The van der Waals surface area contributed by atoms with E-state index in [1.807, 2.05) is 38.2 Å². The fourth-order valence-electron chi connectivity index (χ4n) is 1.63. The third-order valence-electron chi connectivity index (χ3n) is 2.52. The molecule has 0 radical (unpaired) electrons. The molecule has 2 aromatic rings. The van der Waals surface area contributed by atoms with E-state index in [4.69, 9.17) is 4.74 Å². The number of aromatic nitrogens is 2. The van der Waals surface area contributed by atoms with Crippen LogP contribution in [0.5, 0.6) is 5.75 Å². The van der Waals surface area contributed by atoms with Crippen molar-refractivity contribution in [2.24, 2.45) is 0 Å². The standard InChI is InChI=1S/C13H14BrN3O/c1-8-6-12(15-2)17-13(16-8)9-4-5-11(18-3)10(14)7-9/h4-7H,1-3H3,(H,15,16,17). The molecule has 5 heteroatoms. The van der Waals surface area contributed by atoms with Crippen LogP contribution in [0.3, 0.4) is 0 Å². The third-order valence-corrected chi connectivity index (χ3v) is 3.14. The number of nitrogens with zero attached hydrogens (tertiary/aromatic N) is 2. The van der Waals surface area contributed by atoms with Crippen LogP contribution in [-0.4, -0.2) is 24.1 Å². The predicted molar refractivity (Wildman–Crippen MR) is 76.0 cm³/mol. The van der Waals surface area contributed by atoms with Gasteiger partial charge < -0.3 is 10.1 Å². The molecule has 0 aliphatic heterocycles. The van der Waals surface area contributed by atoms with Crippen molar-refractivity contribution >= 4 is 21.7 Å². The number of ether oxygens (including phenoxy) is 1. The number of rotatable bonds is 3. The summed E-state index contributed by atoms with van der Waals surface area (Å²) in [4.78, 5) is 8.87. The van der Waals surface area contributed by atoms with Crippen LogP contribution in [0.1, 0.15) is 5.69 Å². The number of methoxy groups -OCH3 is 1. The lowest BCUT2D eigenvalue weighted by Crippen LogP contribution is -1.98. The van der Waals surface area contributed by atoms with E-state index >= 15 is 0 Å². The Morgan fingerprint density at radius 2 is 2.00 bits per heavy atom. The molecule has 0 saturated heterocycles. The minimum absolute atomic E-state index is 0.697. The molecule has 0 atom stereocenters. The lowest BCUT2D eigenvalue weighted by molar-refractivity contribution is 0.412. The molecule has 1 heterocycles. The maximum absolute atomic E-state index is 5.20. The van der Waals surface area contributed by atoms with Crippen molar-refractivity contribution in [3.63, 3.8) is 0 Å². The van der Waals surface area contributed by atoms with Gasteiger partial charge in [-0.15, -0.1) is 0 Å². The highest BCUT2D eigenvalue weighted by atomic mass is 79.9. The third kappa shape index (κ3) is 2.61. The smallest absolute Gasteiger partial charge is 0.161 e. The van der Waals surface area contributed by atoms with E-state index in [2.05, 4.69) is 31.2 Å². The van der Waals surface area contributed by atoms with Crippen LogP contribution in [0.4, 0.5) is 5.82 Å². The number of anilines is 1. The van der Waals surface area contributed by atoms with Gasteiger partial charge >= 0.3 is 0 Å². The zero-order chi connectivity index (χ0) is 13.1. The Kier molecular flexibility index (Phi) is 3.81. The van der Waals surface area contributed by atoms with E-state index < -0.39 is 0 Å². The molecule has 4 nitrogen and oxygen atoms in total. The maximum atomic E-state index is 5.20. The Morgan fingerprint density at radius 3 is 2.61 bits per heavy atom. The summed E-state index contributed by atoms with van der Waals surface area (Å²) in [5, 5.41) is 3.03. The molecule has 2 rings (SSSR count). The molecule has 18 heavy (non-hydrogen) atoms. The van der Waals surface area contributed by atoms with E-state index in [1.54, 1.807) is 7.11 Å². The number of aryl methyl sites for hydroxylation is 1. The Labute approximate surface area is 115 Å². The van der Waals surface area contributed by atoms with Crippen LogP contribution < -0.4 is 10.1 Å². The van der Waals surface area contributed by atoms with Crippen LogP contribution in [-0.2, 0) is 0 Å². The fourth-order valence-corrected chi connectivity index (χ4v) is 2.17. The molecule has 94 valence electrons. The number of hydrogen-bond donors (Lipinski definition) is 1. The lowest BCUT2D eigenvalue weighted by atomic mass is 10.2. The van der Waals surface area contributed by atoms with Crippen LogP contribution in [0, 0.1) is 6.92 Å². The first-order valence-corrected chi connectivity index (χ1v) is 6.30. The summed E-state index contributed by atoms with van der Waals surface area (Å²) in [6.07, 6.45) is 0. The molecule has 0 spiro atoms. The Balaban J connectivity index is 2.48. The van der Waals surface area contributed by atoms with Crippen molar-refractivity contribution in [3.8, 4) is 17.1 Å². The van der Waals surface area contributed by atoms with E-state index in [0.717, 1.165) is 27.3 Å². The van der Waals surface area contributed by atoms with Crippen molar-refractivity contribution in [2.75, 3.05) is 19.5 Å². The van der Waals surface area contributed by atoms with E-state index in [0.29, 0.717) is 5.82 Å². The number of halogens is 1. The van der Waals surface area contributed by atoms with Gasteiger partial charge in [-0.1, -0.05) is 0 Å². The Hall–Kier alpha value is -1.62. The molecule has 1 aromatic carbocycles. The minimum atomic E-state index is 0.697. The van der Waals surface area contributed by atoms with Crippen molar-refractivity contribution in [3.05, 3.63) is 34.4 Å². The van der Waals surface area contributed by atoms with Crippen LogP contribution in [0.25, 0.3) is 11.4 Å². The summed E-state index contributed by atoms with van der Waals surface area (Å²) < 4.78 is 6.09. The second-order valence-corrected chi connectivity index (χ2v) is 4.67. The van der Waals surface area contributed by atoms with Gasteiger partial charge in [0.15, 0.2) is 5.82 Å². The van der Waals surface area contributed by atoms with Gasteiger partial charge in [-0.05, 0) is 41.1 Å². The Morgan fingerprint density at radius 1 is 1.22 bits per heavy atom. The normalized spacial score (nSPS) is 10.2. The first kappa shape index (κ1) is 12.8. The summed E-state index contributed by atoms with van der Waals surface area (Å²) in [5.41, 5.74) is 1.87. The predicted octanol–water partition coefficient (Wildman–Crippen LogP) is 3.26.